The standard InChI is InChI=1S/C12H8IN/c13-8-5-6-12-10(7-8)9-3-1-2-4-11(9)14-12/h1-7,14H/p+1. The Hall–Kier alpha value is -0.870. The molecule has 1 aliphatic heterocycles. The first kappa shape index (κ1) is 8.44. The topological polar surface area (TPSA) is 16.6 Å². The van der Waals surface area contributed by atoms with E-state index in [2.05, 4.69) is 70.4 Å². The molecule has 0 aromatic heterocycles. The van der Waals surface area contributed by atoms with Crippen molar-refractivity contribution in [3.63, 3.8) is 0 Å². The van der Waals surface area contributed by atoms with Crippen LogP contribution in [-0.2, 0) is 0 Å². The molecular formula is C12H9IN+. The highest BCUT2D eigenvalue weighted by Gasteiger charge is 2.21. The number of halogens is 1. The number of fused-ring (bicyclic) bond motifs is 3. The van der Waals surface area contributed by atoms with Crippen LogP contribution >= 0.6 is 22.6 Å². The van der Waals surface area contributed by atoms with E-state index in [1.54, 1.807) is 0 Å². The molecule has 0 unspecified atom stereocenters. The normalized spacial score (nSPS) is 12.4. The first-order chi connectivity index (χ1) is 6.84. The first-order valence-electron chi connectivity index (χ1n) is 4.58. The summed E-state index contributed by atoms with van der Waals surface area (Å²) >= 11 is 2.36. The lowest BCUT2D eigenvalue weighted by Gasteiger charge is -1.95. The van der Waals surface area contributed by atoms with Crippen molar-refractivity contribution in [2.45, 2.75) is 0 Å². The summed E-state index contributed by atoms with van der Waals surface area (Å²) in [7, 11) is 0. The van der Waals surface area contributed by atoms with Gasteiger partial charge in [0.1, 0.15) is 11.4 Å². The third kappa shape index (κ3) is 1.18. The summed E-state index contributed by atoms with van der Waals surface area (Å²) in [5, 5.41) is 2.25. The van der Waals surface area contributed by atoms with Crippen molar-refractivity contribution in [1.29, 1.82) is 0 Å². The summed E-state index contributed by atoms with van der Waals surface area (Å²) in [4.78, 5) is 0. The molecule has 0 saturated carbocycles. The number of rotatable bonds is 0. The Labute approximate surface area is 96.3 Å². The van der Waals surface area contributed by atoms with Crippen molar-refractivity contribution in [3.8, 4) is 11.1 Å². The van der Waals surface area contributed by atoms with Crippen LogP contribution in [0, 0.1) is 3.57 Å². The Balaban J connectivity index is 2.30. The molecule has 2 aromatic rings. The number of nitrogens with two attached hydrogens (primary N) is 1. The average Bonchev–Trinajstić information content (AvgIpc) is 2.56. The van der Waals surface area contributed by atoms with Crippen molar-refractivity contribution in [2.24, 2.45) is 0 Å². The third-order valence-electron chi connectivity index (χ3n) is 2.58. The molecule has 0 atom stereocenters. The van der Waals surface area contributed by atoms with Gasteiger partial charge in [-0.15, -0.1) is 0 Å². The van der Waals surface area contributed by atoms with Gasteiger partial charge in [-0.25, -0.2) is 0 Å². The smallest absolute Gasteiger partial charge is 0.142 e. The molecule has 0 radical (unpaired) electrons. The highest BCUT2D eigenvalue weighted by atomic mass is 127. The van der Waals surface area contributed by atoms with Crippen LogP contribution in [0.3, 0.4) is 0 Å². The molecule has 0 fully saturated rings. The molecule has 68 valence electrons. The van der Waals surface area contributed by atoms with Crippen LogP contribution in [0.15, 0.2) is 42.5 Å². The van der Waals surface area contributed by atoms with Gasteiger partial charge < -0.3 is 0 Å². The second-order valence-electron chi connectivity index (χ2n) is 3.46. The summed E-state index contributed by atoms with van der Waals surface area (Å²) in [5.41, 5.74) is 5.41. The second-order valence-corrected chi connectivity index (χ2v) is 4.71. The van der Waals surface area contributed by atoms with Gasteiger partial charge in [0.2, 0.25) is 0 Å². The van der Waals surface area contributed by atoms with E-state index >= 15 is 0 Å². The van der Waals surface area contributed by atoms with Gasteiger partial charge in [-0.05, 0) is 40.8 Å². The maximum Gasteiger partial charge on any atom is 0.142 e. The maximum atomic E-state index is 2.36. The minimum Gasteiger partial charge on any atom is -0.281 e. The van der Waals surface area contributed by atoms with Gasteiger partial charge in [0, 0.05) is 21.3 Å². The summed E-state index contributed by atoms with van der Waals surface area (Å²) < 4.78 is 1.30. The van der Waals surface area contributed by atoms with Crippen LogP contribution in [0.1, 0.15) is 0 Å². The number of benzene rings is 2. The number of para-hydroxylation sites is 1. The van der Waals surface area contributed by atoms with Crippen molar-refractivity contribution >= 4 is 34.0 Å². The van der Waals surface area contributed by atoms with Gasteiger partial charge in [-0.1, -0.05) is 12.1 Å². The first-order valence-corrected chi connectivity index (χ1v) is 5.66. The minimum atomic E-state index is 1.30. The van der Waals surface area contributed by atoms with E-state index in [0.717, 1.165) is 0 Å². The second kappa shape index (κ2) is 3.07. The van der Waals surface area contributed by atoms with Crippen LogP contribution in [-0.4, -0.2) is 0 Å². The summed E-state index contributed by atoms with van der Waals surface area (Å²) in [6.45, 7) is 0. The molecule has 14 heavy (non-hydrogen) atoms. The molecule has 2 N–H and O–H groups in total. The lowest BCUT2D eigenvalue weighted by atomic mass is 10.1. The fraction of sp³-hybridized carbons (Fsp3) is 0. The predicted molar refractivity (Wildman–Crippen MR) is 65.8 cm³/mol. The van der Waals surface area contributed by atoms with E-state index < -0.39 is 0 Å². The lowest BCUT2D eigenvalue weighted by Crippen LogP contribution is -2.69. The molecule has 3 rings (SSSR count). The fourth-order valence-corrected chi connectivity index (χ4v) is 2.41. The van der Waals surface area contributed by atoms with Gasteiger partial charge in [0.05, 0.1) is 5.56 Å². The van der Waals surface area contributed by atoms with Crippen LogP contribution in [0.5, 0.6) is 0 Å². The monoisotopic (exact) mass is 294 g/mol. The Morgan fingerprint density at radius 3 is 2.57 bits per heavy atom. The highest BCUT2D eigenvalue weighted by Crippen LogP contribution is 2.35. The molecular weight excluding hydrogens is 285 g/mol. The van der Waals surface area contributed by atoms with Gasteiger partial charge >= 0.3 is 0 Å². The zero-order chi connectivity index (χ0) is 9.54. The van der Waals surface area contributed by atoms with Crippen molar-refractivity contribution in [1.82, 2.24) is 0 Å². The highest BCUT2D eigenvalue weighted by molar-refractivity contribution is 14.1. The fourth-order valence-electron chi connectivity index (χ4n) is 1.92. The van der Waals surface area contributed by atoms with Crippen molar-refractivity contribution in [3.05, 3.63) is 46.0 Å². The average molecular weight is 294 g/mol. The Bertz CT molecular complexity index is 505. The number of quaternary nitrogens is 1. The van der Waals surface area contributed by atoms with Crippen LogP contribution in [0.4, 0.5) is 11.4 Å². The zero-order valence-electron chi connectivity index (χ0n) is 7.50. The summed E-state index contributed by atoms with van der Waals surface area (Å²) in [5.74, 6) is 0. The van der Waals surface area contributed by atoms with Crippen molar-refractivity contribution < 1.29 is 5.32 Å². The largest absolute Gasteiger partial charge is 0.281 e. The third-order valence-corrected chi connectivity index (χ3v) is 3.25. The van der Waals surface area contributed by atoms with E-state index in [1.165, 1.54) is 26.1 Å². The van der Waals surface area contributed by atoms with E-state index in [4.69, 9.17) is 0 Å². The Morgan fingerprint density at radius 2 is 1.64 bits per heavy atom. The van der Waals surface area contributed by atoms with Crippen LogP contribution < -0.4 is 5.32 Å². The molecule has 1 aliphatic rings. The molecule has 1 heterocycles. The van der Waals surface area contributed by atoms with E-state index in [-0.39, 0.29) is 0 Å². The molecule has 0 amide bonds. The maximum absolute atomic E-state index is 2.36. The molecule has 0 bridgehead atoms. The minimum absolute atomic E-state index is 1.30. The predicted octanol–water partition coefficient (Wildman–Crippen LogP) is 2.80. The lowest BCUT2D eigenvalue weighted by molar-refractivity contribution is -0.473. The van der Waals surface area contributed by atoms with Crippen LogP contribution in [0.25, 0.3) is 11.1 Å². The summed E-state index contributed by atoms with van der Waals surface area (Å²) in [6, 6.07) is 15.1. The van der Waals surface area contributed by atoms with Crippen LogP contribution in [0.2, 0.25) is 0 Å². The zero-order valence-corrected chi connectivity index (χ0v) is 9.65. The molecule has 2 heteroatoms. The Morgan fingerprint density at radius 1 is 0.857 bits per heavy atom. The summed E-state index contributed by atoms with van der Waals surface area (Å²) in [6.07, 6.45) is 0. The van der Waals surface area contributed by atoms with Gasteiger partial charge in [-0.3, -0.25) is 5.32 Å². The molecule has 0 aliphatic carbocycles. The molecule has 0 spiro atoms. The van der Waals surface area contributed by atoms with E-state index in [9.17, 15) is 0 Å². The Kier molecular flexibility index (Phi) is 1.85. The SMILES string of the molecule is Ic1ccc2c(c1)-c1ccccc1[NH2+]2. The van der Waals surface area contributed by atoms with Gasteiger partial charge in [0.15, 0.2) is 0 Å². The van der Waals surface area contributed by atoms with Crippen molar-refractivity contribution in [2.75, 3.05) is 0 Å². The number of hydrogen-bond acceptors (Lipinski definition) is 0. The quantitative estimate of drug-likeness (QED) is 0.485. The van der Waals surface area contributed by atoms with Gasteiger partial charge in [-0.2, -0.15) is 0 Å². The number of hydrogen-bond donors (Lipinski definition) is 1. The molecule has 2 aromatic carbocycles. The van der Waals surface area contributed by atoms with Gasteiger partial charge in [0.25, 0.3) is 0 Å². The molecule has 1 nitrogen and oxygen atoms in total. The van der Waals surface area contributed by atoms with E-state index in [1.807, 2.05) is 0 Å². The molecule has 0 saturated heterocycles. The van der Waals surface area contributed by atoms with E-state index in [0.29, 0.717) is 0 Å².